The van der Waals surface area contributed by atoms with Crippen LogP contribution in [0.25, 0.3) is 0 Å². The summed E-state index contributed by atoms with van der Waals surface area (Å²) in [5.74, 6) is 0. The Kier molecular flexibility index (Phi) is 4.25. The number of nitrogens with zero attached hydrogens (tertiary/aromatic N) is 2. The number of rotatable bonds is 2. The number of hydrogen-bond acceptors (Lipinski definition) is 2. The first-order chi connectivity index (χ1) is 10.7. The van der Waals surface area contributed by atoms with Gasteiger partial charge in [-0.1, -0.05) is 23.2 Å². The average molecular weight is 373 g/mol. The van der Waals surface area contributed by atoms with Gasteiger partial charge in [-0.25, -0.2) is 8.42 Å². The van der Waals surface area contributed by atoms with Gasteiger partial charge < -0.3 is 4.57 Å². The quantitative estimate of drug-likeness (QED) is 0.793. The molecular weight excluding hydrogens is 355 g/mol. The third-order valence-electron chi connectivity index (χ3n) is 4.44. The second kappa shape index (κ2) is 5.81. The molecule has 2 aromatic rings. The molecule has 0 radical (unpaired) electrons. The maximum absolute atomic E-state index is 13.2. The number of sulfonamides is 1. The molecule has 1 aliphatic rings. The van der Waals surface area contributed by atoms with Gasteiger partial charge in [0.2, 0.25) is 10.0 Å². The lowest BCUT2D eigenvalue weighted by Gasteiger charge is -2.34. The van der Waals surface area contributed by atoms with E-state index in [0.29, 0.717) is 29.2 Å². The number of aromatic nitrogens is 1. The van der Waals surface area contributed by atoms with Gasteiger partial charge in [-0.3, -0.25) is 0 Å². The van der Waals surface area contributed by atoms with Crippen molar-refractivity contribution in [3.8, 4) is 0 Å². The number of benzene rings is 1. The molecule has 0 amide bonds. The standard InChI is InChI=1S/C16H18Cl2N2O2S/c1-10-9-13(17)11(2)16(15(10)18)23(21,22)20-8-7-19-6-4-5-14(19)12(20)3/h4-6,9,12H,7-8H2,1-3H3. The Morgan fingerprint density at radius 1 is 1.22 bits per heavy atom. The van der Waals surface area contributed by atoms with Crippen LogP contribution in [0, 0.1) is 13.8 Å². The van der Waals surface area contributed by atoms with Gasteiger partial charge in [0.25, 0.3) is 0 Å². The van der Waals surface area contributed by atoms with Crippen molar-refractivity contribution in [3.63, 3.8) is 0 Å². The molecule has 2 heterocycles. The minimum Gasteiger partial charge on any atom is -0.349 e. The van der Waals surface area contributed by atoms with Gasteiger partial charge >= 0.3 is 0 Å². The van der Waals surface area contributed by atoms with Crippen molar-refractivity contribution in [2.24, 2.45) is 0 Å². The molecule has 124 valence electrons. The molecule has 1 atom stereocenters. The molecule has 4 nitrogen and oxygen atoms in total. The second-order valence-corrected chi connectivity index (χ2v) is 8.47. The fourth-order valence-corrected chi connectivity index (χ4v) is 5.89. The summed E-state index contributed by atoms with van der Waals surface area (Å²) in [6.45, 7) is 6.38. The van der Waals surface area contributed by atoms with E-state index in [1.165, 1.54) is 4.31 Å². The monoisotopic (exact) mass is 372 g/mol. The van der Waals surface area contributed by atoms with Gasteiger partial charge in [-0.15, -0.1) is 0 Å². The predicted molar refractivity (Wildman–Crippen MR) is 92.7 cm³/mol. The highest BCUT2D eigenvalue weighted by atomic mass is 35.5. The van der Waals surface area contributed by atoms with Crippen molar-refractivity contribution >= 4 is 33.2 Å². The number of hydrogen-bond donors (Lipinski definition) is 0. The van der Waals surface area contributed by atoms with E-state index in [1.54, 1.807) is 19.9 Å². The fourth-order valence-electron chi connectivity index (χ4n) is 3.12. The minimum absolute atomic E-state index is 0.121. The molecule has 1 aliphatic heterocycles. The van der Waals surface area contributed by atoms with Gasteiger partial charge in [-0.2, -0.15) is 4.31 Å². The Labute approximate surface area is 146 Å². The molecule has 0 fully saturated rings. The molecule has 3 rings (SSSR count). The molecule has 1 aromatic carbocycles. The van der Waals surface area contributed by atoms with Crippen molar-refractivity contribution in [3.05, 3.63) is 51.3 Å². The van der Waals surface area contributed by atoms with Gasteiger partial charge in [0.15, 0.2) is 0 Å². The predicted octanol–water partition coefficient (Wildman–Crippen LogP) is 4.18. The third-order valence-corrected chi connectivity index (χ3v) is 7.57. The van der Waals surface area contributed by atoms with Gasteiger partial charge in [-0.05, 0) is 50.1 Å². The average Bonchev–Trinajstić information content (AvgIpc) is 2.94. The van der Waals surface area contributed by atoms with Crippen LogP contribution in [-0.4, -0.2) is 23.8 Å². The fraction of sp³-hybridized carbons (Fsp3) is 0.375. The molecule has 0 saturated carbocycles. The first kappa shape index (κ1) is 16.8. The third kappa shape index (κ3) is 2.60. The lowest BCUT2D eigenvalue weighted by atomic mass is 10.2. The van der Waals surface area contributed by atoms with E-state index in [4.69, 9.17) is 23.2 Å². The summed E-state index contributed by atoms with van der Waals surface area (Å²) in [5, 5.41) is 0.665. The Bertz CT molecular complexity index is 848. The van der Waals surface area contributed by atoms with E-state index in [9.17, 15) is 8.42 Å². The van der Waals surface area contributed by atoms with Crippen LogP contribution in [0.3, 0.4) is 0 Å². The summed E-state index contributed by atoms with van der Waals surface area (Å²) in [5.41, 5.74) is 2.14. The van der Waals surface area contributed by atoms with Crippen molar-refractivity contribution < 1.29 is 8.42 Å². The molecule has 1 unspecified atom stereocenters. The molecule has 1 aromatic heterocycles. The zero-order valence-electron chi connectivity index (χ0n) is 13.2. The Morgan fingerprint density at radius 3 is 2.61 bits per heavy atom. The normalized spacial score (nSPS) is 18.9. The zero-order chi connectivity index (χ0) is 16.9. The summed E-state index contributed by atoms with van der Waals surface area (Å²) in [6, 6.07) is 5.33. The topological polar surface area (TPSA) is 42.3 Å². The van der Waals surface area contributed by atoms with E-state index < -0.39 is 10.0 Å². The summed E-state index contributed by atoms with van der Waals surface area (Å²) < 4.78 is 30.1. The molecule has 0 N–H and O–H groups in total. The van der Waals surface area contributed by atoms with Crippen LogP contribution in [0.1, 0.15) is 29.8 Å². The minimum atomic E-state index is -3.73. The van der Waals surface area contributed by atoms with Crippen LogP contribution >= 0.6 is 23.2 Å². The van der Waals surface area contributed by atoms with Crippen LogP contribution in [0.5, 0.6) is 0 Å². The summed E-state index contributed by atoms with van der Waals surface area (Å²) in [6.07, 6.45) is 1.97. The highest BCUT2D eigenvalue weighted by molar-refractivity contribution is 7.89. The molecular formula is C16H18Cl2N2O2S. The molecule has 7 heteroatoms. The smallest absolute Gasteiger partial charge is 0.245 e. The van der Waals surface area contributed by atoms with Crippen LogP contribution in [0.15, 0.2) is 29.3 Å². The van der Waals surface area contributed by atoms with E-state index in [2.05, 4.69) is 4.57 Å². The Hall–Kier alpha value is -1.01. The van der Waals surface area contributed by atoms with Crippen molar-refractivity contribution in [2.75, 3.05) is 6.54 Å². The maximum Gasteiger partial charge on any atom is 0.245 e. The highest BCUT2D eigenvalue weighted by Gasteiger charge is 2.36. The number of fused-ring (bicyclic) bond motifs is 1. The summed E-state index contributed by atoms with van der Waals surface area (Å²) >= 11 is 12.5. The molecule has 0 saturated heterocycles. The molecule has 0 spiro atoms. The lowest BCUT2D eigenvalue weighted by molar-refractivity contribution is 0.282. The molecule has 0 aliphatic carbocycles. The largest absolute Gasteiger partial charge is 0.349 e. The zero-order valence-corrected chi connectivity index (χ0v) is 15.5. The first-order valence-electron chi connectivity index (χ1n) is 7.37. The SMILES string of the molecule is Cc1cc(Cl)c(C)c(S(=O)(=O)N2CCn3cccc3C2C)c1Cl. The summed E-state index contributed by atoms with van der Waals surface area (Å²) in [7, 11) is -3.73. The van der Waals surface area contributed by atoms with Crippen LogP contribution in [-0.2, 0) is 16.6 Å². The van der Waals surface area contributed by atoms with Crippen LogP contribution < -0.4 is 0 Å². The van der Waals surface area contributed by atoms with E-state index in [-0.39, 0.29) is 16.0 Å². The Morgan fingerprint density at radius 2 is 1.91 bits per heavy atom. The van der Waals surface area contributed by atoms with E-state index in [1.807, 2.05) is 25.3 Å². The van der Waals surface area contributed by atoms with Crippen LogP contribution in [0.2, 0.25) is 10.0 Å². The first-order valence-corrected chi connectivity index (χ1v) is 9.57. The molecule has 23 heavy (non-hydrogen) atoms. The summed E-state index contributed by atoms with van der Waals surface area (Å²) in [4.78, 5) is 0.121. The number of halogens is 2. The van der Waals surface area contributed by atoms with E-state index >= 15 is 0 Å². The van der Waals surface area contributed by atoms with Crippen molar-refractivity contribution in [2.45, 2.75) is 38.3 Å². The number of aryl methyl sites for hydroxylation is 1. The maximum atomic E-state index is 13.2. The Balaban J connectivity index is 2.14. The van der Waals surface area contributed by atoms with Gasteiger partial charge in [0.1, 0.15) is 4.90 Å². The van der Waals surface area contributed by atoms with Crippen molar-refractivity contribution in [1.82, 2.24) is 8.87 Å². The van der Waals surface area contributed by atoms with Crippen molar-refractivity contribution in [1.29, 1.82) is 0 Å². The van der Waals surface area contributed by atoms with Gasteiger partial charge in [0.05, 0.1) is 11.1 Å². The highest BCUT2D eigenvalue weighted by Crippen LogP contribution is 2.38. The van der Waals surface area contributed by atoms with E-state index in [0.717, 1.165) is 5.69 Å². The van der Waals surface area contributed by atoms with Gasteiger partial charge in [0, 0.05) is 30.0 Å². The lowest BCUT2D eigenvalue weighted by Crippen LogP contribution is -2.41. The second-order valence-electron chi connectivity index (χ2n) is 5.86. The molecule has 0 bridgehead atoms. The van der Waals surface area contributed by atoms with Crippen LogP contribution in [0.4, 0.5) is 0 Å².